The Morgan fingerprint density at radius 3 is 1.31 bits per heavy atom. The maximum Gasteiger partial charge on any atom is 0.325 e. The molecule has 11 atom stereocenters. The maximum atomic E-state index is 13.7. The molecule has 0 radical (unpaired) electrons. The molecular weight excluding hydrogens is 1160 g/mol. The lowest BCUT2D eigenvalue weighted by molar-refractivity contribution is -0.142. The Balaban J connectivity index is 6.03. The van der Waals surface area contributed by atoms with Crippen LogP contribution in [0.3, 0.4) is 0 Å². The van der Waals surface area contributed by atoms with Crippen LogP contribution in [0.2, 0.25) is 0 Å². The summed E-state index contributed by atoms with van der Waals surface area (Å²) in [5, 5.41) is 36.2. The minimum Gasteiger partial charge on any atom is -0.480 e. The number of carbonyl (C=O) groups is 13. The number of nitrogens with one attached hydrogen (secondary N) is 11. The van der Waals surface area contributed by atoms with Crippen molar-refractivity contribution in [1.29, 1.82) is 0 Å². The van der Waals surface area contributed by atoms with Crippen LogP contribution in [-0.4, -0.2) is 193 Å². The third-order valence-corrected chi connectivity index (χ3v) is 13.0. The molecule has 498 valence electrons. The van der Waals surface area contributed by atoms with Crippen LogP contribution in [0.5, 0.6) is 0 Å². The fourth-order valence-electron chi connectivity index (χ4n) is 7.82. The van der Waals surface area contributed by atoms with E-state index >= 15 is 0 Å². The molecule has 0 aromatic rings. The van der Waals surface area contributed by atoms with E-state index in [0.29, 0.717) is 12.8 Å². The van der Waals surface area contributed by atoms with Gasteiger partial charge in [-0.05, 0) is 83.5 Å². The van der Waals surface area contributed by atoms with Gasteiger partial charge in [0.15, 0.2) is 17.9 Å². The Kier molecular flexibility index (Phi) is 36.8. The van der Waals surface area contributed by atoms with Gasteiger partial charge in [0.2, 0.25) is 70.9 Å². The molecule has 0 aromatic heterocycles. The smallest absolute Gasteiger partial charge is 0.325 e. The van der Waals surface area contributed by atoms with Gasteiger partial charge >= 0.3 is 5.97 Å². The van der Waals surface area contributed by atoms with Gasteiger partial charge < -0.3 is 109 Å². The van der Waals surface area contributed by atoms with E-state index in [9.17, 15) is 67.4 Å². The van der Waals surface area contributed by atoms with Crippen LogP contribution in [0.4, 0.5) is 0 Å². The number of guanidine groups is 3. The van der Waals surface area contributed by atoms with Gasteiger partial charge in [-0.3, -0.25) is 77.3 Å². The summed E-state index contributed by atoms with van der Waals surface area (Å²) in [6, 6.07) is -13.1. The SMILES string of the molecule is CC[C@H](C)[C@H](NC(=O)[C@@H](N)CCCN=C(N)N)C(=O)N[C@@H](CCCN=C(N)N)C(=O)NCC(=O)NCC(=O)N[C@@H](CCCN=C(N)N)C(=O)N[C@@H](C)C(=O)N[C@@H](C)C(=O)N[C@H](C(=O)N[C@@H](CC(C)C)C(=O)N[C@@H](CC(N)=O)C(=O)N[C@@H](C)C(=O)O)C(C)C. The van der Waals surface area contributed by atoms with Gasteiger partial charge in [0.25, 0.3) is 0 Å². The molecule has 0 aliphatic heterocycles. The van der Waals surface area contributed by atoms with Crippen molar-refractivity contribution < 1.29 is 67.4 Å². The molecule has 28 N–H and O–H groups in total. The number of carbonyl (C=O) groups excluding carboxylic acids is 12. The van der Waals surface area contributed by atoms with Gasteiger partial charge in [-0.1, -0.05) is 48.0 Å². The standard InChI is InChI=1S/C52H96N22O14/c1-10-26(6)39(74-42(80)30(53)14-11-17-61-50(55)56)48(86)70-31(15-12-18-62-51(57)58)43(81)65-22-36(76)64-23-37(77)69-32(16-13-19-63-52(59)60)44(82)67-27(7)40(78)66-28(8)41(79)73-38(25(4)5)47(85)72-33(20-24(2)3)46(84)71-34(21-35(54)75)45(83)68-29(9)49(87)88/h24-34,38-39H,10-23,53H2,1-9H3,(H2,54,75)(H,64,76)(H,65,81)(H,66,78)(H,67,82)(H,68,83)(H,69,77)(H,70,86)(H,71,84)(H,72,85)(H,73,79)(H,74,80)(H,87,88)(H4,55,56,61)(H4,57,58,62)(H4,59,60,63)/t26-,27-,28-,29-,30-,31-,32-,33-,34-,38-,39-/m0/s1. The largest absolute Gasteiger partial charge is 0.480 e. The predicted molar refractivity (Wildman–Crippen MR) is 323 cm³/mol. The first-order valence-corrected chi connectivity index (χ1v) is 28.7. The van der Waals surface area contributed by atoms with Crippen molar-refractivity contribution >= 4 is 94.7 Å². The molecule has 0 rings (SSSR count). The molecule has 0 saturated carbocycles. The van der Waals surface area contributed by atoms with Gasteiger partial charge in [-0.15, -0.1) is 0 Å². The Labute approximate surface area is 511 Å². The normalized spacial score (nSPS) is 14.6. The minimum atomic E-state index is -1.61. The summed E-state index contributed by atoms with van der Waals surface area (Å²) in [6.45, 7) is 12.8. The highest BCUT2D eigenvalue weighted by atomic mass is 16.4. The van der Waals surface area contributed by atoms with E-state index in [1.165, 1.54) is 13.8 Å². The van der Waals surface area contributed by atoms with Crippen molar-refractivity contribution in [3.05, 3.63) is 0 Å². The number of nitrogens with zero attached hydrogens (tertiary/aromatic N) is 3. The molecule has 12 amide bonds. The molecule has 36 heteroatoms. The highest BCUT2D eigenvalue weighted by molar-refractivity contribution is 5.99. The number of nitrogens with two attached hydrogens (primary N) is 8. The molecular formula is C52H96N22O14. The van der Waals surface area contributed by atoms with Crippen molar-refractivity contribution in [2.45, 2.75) is 181 Å². The fraction of sp³-hybridized carbons (Fsp3) is 0.692. The lowest BCUT2D eigenvalue weighted by atomic mass is 9.97. The summed E-state index contributed by atoms with van der Waals surface area (Å²) >= 11 is 0. The van der Waals surface area contributed by atoms with Gasteiger partial charge in [0.1, 0.15) is 54.4 Å². The molecule has 0 bridgehead atoms. The number of carboxylic acids is 1. The number of hydrogen-bond donors (Lipinski definition) is 20. The molecule has 0 aliphatic rings. The molecule has 0 aliphatic carbocycles. The van der Waals surface area contributed by atoms with Gasteiger partial charge in [-0.2, -0.15) is 0 Å². The number of amides is 12. The van der Waals surface area contributed by atoms with Crippen LogP contribution in [0, 0.1) is 17.8 Å². The van der Waals surface area contributed by atoms with E-state index in [1.54, 1.807) is 41.5 Å². The number of primary amides is 1. The summed E-state index contributed by atoms with van der Waals surface area (Å²) < 4.78 is 0. The maximum absolute atomic E-state index is 13.7. The van der Waals surface area contributed by atoms with E-state index in [1.807, 2.05) is 0 Å². The van der Waals surface area contributed by atoms with Crippen LogP contribution >= 0.6 is 0 Å². The molecule has 0 aromatic carbocycles. The summed E-state index contributed by atoms with van der Waals surface area (Å²) in [5.41, 5.74) is 43.8. The first-order chi connectivity index (χ1) is 41.0. The first-order valence-electron chi connectivity index (χ1n) is 28.7. The number of hydrogen-bond acceptors (Lipinski definition) is 17. The zero-order valence-corrected chi connectivity index (χ0v) is 51.6. The second-order valence-corrected chi connectivity index (χ2v) is 21.7. The molecule has 0 fully saturated rings. The van der Waals surface area contributed by atoms with Gasteiger partial charge in [0, 0.05) is 19.6 Å². The molecule has 88 heavy (non-hydrogen) atoms. The average molecular weight is 1250 g/mol. The van der Waals surface area contributed by atoms with Crippen LogP contribution in [0.15, 0.2) is 15.0 Å². The van der Waals surface area contributed by atoms with Crippen molar-refractivity contribution in [2.75, 3.05) is 32.7 Å². The van der Waals surface area contributed by atoms with Crippen LogP contribution in [-0.2, 0) is 62.3 Å². The van der Waals surface area contributed by atoms with Gasteiger partial charge in [0.05, 0.1) is 25.6 Å². The summed E-state index contributed by atoms with van der Waals surface area (Å²) in [7, 11) is 0. The number of aliphatic carboxylic acids is 1. The zero-order chi connectivity index (χ0) is 67.5. The van der Waals surface area contributed by atoms with E-state index in [-0.39, 0.29) is 82.0 Å². The quantitative estimate of drug-likeness (QED) is 0.0153. The van der Waals surface area contributed by atoms with Gasteiger partial charge in [-0.25, -0.2) is 0 Å². The van der Waals surface area contributed by atoms with Crippen molar-refractivity contribution in [2.24, 2.45) is 78.6 Å². The second-order valence-electron chi connectivity index (χ2n) is 21.7. The summed E-state index contributed by atoms with van der Waals surface area (Å²) in [4.78, 5) is 182. The van der Waals surface area contributed by atoms with Crippen molar-refractivity contribution in [1.82, 2.24) is 58.5 Å². The van der Waals surface area contributed by atoms with E-state index < -0.39 is 169 Å². The lowest BCUT2D eigenvalue weighted by Gasteiger charge is -2.28. The third kappa shape index (κ3) is 33.0. The Morgan fingerprint density at radius 1 is 0.420 bits per heavy atom. The predicted octanol–water partition coefficient (Wildman–Crippen LogP) is -8.16. The number of rotatable bonds is 42. The monoisotopic (exact) mass is 1250 g/mol. The molecule has 0 unspecified atom stereocenters. The molecule has 36 nitrogen and oxygen atoms in total. The number of carboxylic acid groups (broad SMARTS) is 1. The van der Waals surface area contributed by atoms with E-state index in [0.717, 1.165) is 6.92 Å². The lowest BCUT2D eigenvalue weighted by Crippen LogP contribution is -2.60. The Bertz CT molecular complexity index is 2480. The third-order valence-electron chi connectivity index (χ3n) is 13.0. The Morgan fingerprint density at radius 2 is 0.830 bits per heavy atom. The molecule has 0 spiro atoms. The van der Waals surface area contributed by atoms with Crippen LogP contribution < -0.4 is 104 Å². The van der Waals surface area contributed by atoms with Crippen LogP contribution in [0.25, 0.3) is 0 Å². The first kappa shape index (κ1) is 78.9. The summed E-state index contributed by atoms with van der Waals surface area (Å²) in [5.74, 6) is -13.6. The van der Waals surface area contributed by atoms with Crippen LogP contribution in [0.1, 0.15) is 120 Å². The van der Waals surface area contributed by atoms with E-state index in [2.05, 4.69) is 73.5 Å². The van der Waals surface area contributed by atoms with Crippen molar-refractivity contribution in [3.63, 3.8) is 0 Å². The zero-order valence-electron chi connectivity index (χ0n) is 51.6. The fourth-order valence-corrected chi connectivity index (χ4v) is 7.82. The van der Waals surface area contributed by atoms with Crippen molar-refractivity contribution in [3.8, 4) is 0 Å². The molecule has 0 heterocycles. The Hall–Kier alpha value is -9.12. The average Bonchev–Trinajstić information content (AvgIpc) is 3.52. The second kappa shape index (κ2) is 41.1. The topological polar surface area (TPSA) is 620 Å². The minimum absolute atomic E-state index is 0.00765. The summed E-state index contributed by atoms with van der Waals surface area (Å²) in [6.07, 6.45) is 0.513. The number of aliphatic imine (C=N–C) groups is 3. The molecule has 0 saturated heterocycles. The van der Waals surface area contributed by atoms with E-state index in [4.69, 9.17) is 45.9 Å². The highest BCUT2D eigenvalue weighted by Gasteiger charge is 2.35. The highest BCUT2D eigenvalue weighted by Crippen LogP contribution is 2.12.